The van der Waals surface area contributed by atoms with Gasteiger partial charge in [0, 0.05) is 141 Å². The van der Waals surface area contributed by atoms with Gasteiger partial charge < -0.3 is 10.2 Å². The van der Waals surface area contributed by atoms with Crippen molar-refractivity contribution in [2.75, 3.05) is 118 Å². The van der Waals surface area contributed by atoms with Crippen LogP contribution < -0.4 is 0 Å². The molecule has 7 aliphatic heterocycles. The van der Waals surface area contributed by atoms with Crippen molar-refractivity contribution in [2.45, 2.75) is 397 Å². The fourth-order valence-corrected chi connectivity index (χ4v) is 15.2. The Balaban J connectivity index is 0.000000572. The van der Waals surface area contributed by atoms with Crippen LogP contribution in [0.3, 0.4) is 0 Å². The molecular formula is C87H183N9O2. The Kier molecular flexibility index (Phi) is 35.1. The van der Waals surface area contributed by atoms with Gasteiger partial charge in [-0.25, -0.2) is 0 Å². The molecule has 0 spiro atoms. The summed E-state index contributed by atoms with van der Waals surface area (Å²) in [6.45, 7) is 117. The predicted octanol–water partition coefficient (Wildman–Crippen LogP) is 19.4. The van der Waals surface area contributed by atoms with E-state index in [1.165, 1.54) is 111 Å². The zero-order chi connectivity index (χ0) is 77.3. The molecule has 7 aliphatic rings. The highest BCUT2D eigenvalue weighted by Gasteiger charge is 2.45. The minimum absolute atomic E-state index is 0.00300. The number of hydrogen-bond acceptors (Lipinski definition) is 11. The predicted molar refractivity (Wildman–Crippen MR) is 436 cm³/mol. The SMILES string of the molecule is CC(C)(C)C1CCCN(C(C)(C)C)C1.CC(C)(C)C1CCN(C(C)(C)C)C1.CC(C)(C)C1CCN(C(C)(C)C)CC1.CC(C)(C)C1CN(C(C)(C)C)C1.CC(C)(C)N1CCC(O)(C(C)(C)C)CC1.CC(C)(C)N1CCN(C(C)(C)C)C(CO)C1.CC(C)(C)N1CCN(C(C)(C)C)CC1. The van der Waals surface area contributed by atoms with E-state index in [1.807, 2.05) is 0 Å². The third-order valence-corrected chi connectivity index (χ3v) is 24.3. The van der Waals surface area contributed by atoms with E-state index in [0.717, 1.165) is 69.2 Å². The van der Waals surface area contributed by atoms with Crippen molar-refractivity contribution in [2.24, 2.45) is 50.7 Å². The molecule has 11 nitrogen and oxygen atoms in total. The number of likely N-dealkylation sites (tertiary alicyclic amines) is 5. The second-order valence-electron chi connectivity index (χ2n) is 46.3. The Bertz CT molecular complexity index is 2040. The lowest BCUT2D eigenvalue weighted by molar-refractivity contribution is -0.109. The Morgan fingerprint density at radius 2 is 0.510 bits per heavy atom. The van der Waals surface area contributed by atoms with Gasteiger partial charge >= 0.3 is 0 Å². The molecule has 0 radical (unpaired) electrons. The number of aliphatic hydroxyl groups excluding tert-OH is 1. The first-order valence-corrected chi connectivity index (χ1v) is 40.4. The van der Waals surface area contributed by atoms with Gasteiger partial charge in [-0.05, 0) is 309 Å². The van der Waals surface area contributed by atoms with Crippen molar-refractivity contribution in [3.8, 4) is 0 Å². The number of rotatable bonds is 1. The molecule has 7 rings (SSSR count). The lowest BCUT2D eigenvalue weighted by atomic mass is 9.70. The highest BCUT2D eigenvalue weighted by Crippen LogP contribution is 2.42. The van der Waals surface area contributed by atoms with Gasteiger partial charge in [-0.2, -0.15) is 0 Å². The summed E-state index contributed by atoms with van der Waals surface area (Å²) in [5.41, 5.74) is 4.21. The fraction of sp³-hybridized carbons (Fsp3) is 1.00. The zero-order valence-electron chi connectivity index (χ0n) is 75.0. The average Bonchev–Trinajstić information content (AvgIpc) is 0.967. The molecule has 3 atom stereocenters. The second kappa shape index (κ2) is 36.0. The van der Waals surface area contributed by atoms with Crippen LogP contribution in [-0.2, 0) is 0 Å². The molecule has 588 valence electrons. The quantitative estimate of drug-likeness (QED) is 0.264. The van der Waals surface area contributed by atoms with Crippen molar-refractivity contribution >= 4 is 0 Å². The molecule has 7 heterocycles. The summed E-state index contributed by atoms with van der Waals surface area (Å²) >= 11 is 0. The van der Waals surface area contributed by atoms with E-state index in [9.17, 15) is 10.2 Å². The molecule has 7 fully saturated rings. The Hall–Kier alpha value is -0.440. The monoisotopic (exact) mass is 1390 g/mol. The summed E-state index contributed by atoms with van der Waals surface area (Å²) < 4.78 is 0. The molecule has 98 heavy (non-hydrogen) atoms. The van der Waals surface area contributed by atoms with Gasteiger partial charge in [0.15, 0.2) is 0 Å². The van der Waals surface area contributed by atoms with E-state index in [4.69, 9.17) is 0 Å². The van der Waals surface area contributed by atoms with Crippen molar-refractivity contribution in [1.82, 2.24) is 44.1 Å². The Morgan fingerprint density at radius 1 is 0.255 bits per heavy atom. The summed E-state index contributed by atoms with van der Waals surface area (Å²) in [5.74, 6) is 3.57. The molecule has 2 N–H and O–H groups in total. The molecule has 0 aliphatic carbocycles. The molecule has 0 saturated carbocycles. The third-order valence-electron chi connectivity index (χ3n) is 24.3. The van der Waals surface area contributed by atoms with Crippen LogP contribution in [0.25, 0.3) is 0 Å². The van der Waals surface area contributed by atoms with Crippen LogP contribution in [0.1, 0.15) is 336 Å². The fourth-order valence-electron chi connectivity index (χ4n) is 15.2. The molecule has 7 saturated heterocycles. The standard InChI is InChI=1S/C13H28N2O.C13H27NO.2C13H27N.C12H26N2.C12H25N.C11H23N/c1-12(2,3)14-7-8-15(13(4,5)6)11(9-14)10-16;1-11(2,3)13(15)7-9-14(10-8-13)12(4,5)6;1-12(2,3)11-7-9-14(10-8-11)13(4,5)6;1-12(2,3)11-8-7-9-14(10-11)13(4,5)6;1-11(2,3)13-7-9-14(10-8-13)12(4,5)6;1-11(2,3)10-7-8-13(9-10)12(4,5)6;1-10(2,3)9-7-12(8-9)11(4,5)6/h11,16H,7-10H2,1-6H3;15H,7-10H2,1-6H3;2*11H,7-10H2,1-6H3;7-10H2,1-6H3;10H,7-9H2,1-6H3;9H,7-8H2,1-6H3. The van der Waals surface area contributed by atoms with Crippen LogP contribution in [0.5, 0.6) is 0 Å². The number of nitrogens with zero attached hydrogens (tertiary/aromatic N) is 9. The molecule has 0 aromatic carbocycles. The van der Waals surface area contributed by atoms with Gasteiger partial charge in [-0.1, -0.05) is 104 Å². The molecule has 11 heteroatoms. The highest BCUT2D eigenvalue weighted by atomic mass is 16.3. The van der Waals surface area contributed by atoms with Crippen molar-refractivity contribution in [3.63, 3.8) is 0 Å². The topological polar surface area (TPSA) is 69.6 Å². The van der Waals surface area contributed by atoms with E-state index in [2.05, 4.69) is 335 Å². The summed E-state index contributed by atoms with van der Waals surface area (Å²) in [6, 6.07) is 0.271. The van der Waals surface area contributed by atoms with Gasteiger partial charge in [-0.15, -0.1) is 0 Å². The maximum atomic E-state index is 10.6. The summed E-state index contributed by atoms with van der Waals surface area (Å²) in [7, 11) is 0. The lowest BCUT2D eigenvalue weighted by Gasteiger charge is -2.52. The average molecular weight is 1390 g/mol. The number of aliphatic hydroxyl groups is 2. The molecule has 0 aromatic heterocycles. The van der Waals surface area contributed by atoms with Gasteiger partial charge in [0.05, 0.1) is 12.2 Å². The van der Waals surface area contributed by atoms with Gasteiger partial charge in [-0.3, -0.25) is 44.1 Å². The molecule has 0 bridgehead atoms. The number of hydrogen-bond donors (Lipinski definition) is 2. The Labute approximate surface area is 617 Å². The third kappa shape index (κ3) is 33.1. The molecule has 0 amide bonds. The first kappa shape index (κ1) is 95.6. The highest BCUT2D eigenvalue weighted by molar-refractivity contribution is 4.99. The number of piperazine rings is 2. The van der Waals surface area contributed by atoms with Crippen molar-refractivity contribution in [1.29, 1.82) is 0 Å². The van der Waals surface area contributed by atoms with Crippen LogP contribution in [0.15, 0.2) is 0 Å². The smallest absolute Gasteiger partial charge is 0.0720 e. The van der Waals surface area contributed by atoms with E-state index < -0.39 is 5.60 Å². The normalized spacial score (nSPS) is 24.6. The van der Waals surface area contributed by atoms with Gasteiger partial charge in [0.2, 0.25) is 0 Å². The van der Waals surface area contributed by atoms with E-state index in [0.29, 0.717) is 54.9 Å². The summed E-state index contributed by atoms with van der Waals surface area (Å²) in [5, 5.41) is 20.1. The maximum Gasteiger partial charge on any atom is 0.0720 e. The lowest BCUT2D eigenvalue weighted by Crippen LogP contribution is -2.63. The molecule has 0 aromatic rings. The first-order chi connectivity index (χ1) is 43.3. The zero-order valence-corrected chi connectivity index (χ0v) is 75.0. The van der Waals surface area contributed by atoms with Crippen molar-refractivity contribution in [3.05, 3.63) is 0 Å². The van der Waals surface area contributed by atoms with Crippen LogP contribution in [0, 0.1) is 50.7 Å². The minimum Gasteiger partial charge on any atom is -0.395 e. The van der Waals surface area contributed by atoms with Crippen LogP contribution in [0.4, 0.5) is 0 Å². The Morgan fingerprint density at radius 3 is 0.786 bits per heavy atom. The second-order valence-corrected chi connectivity index (χ2v) is 46.3. The van der Waals surface area contributed by atoms with Gasteiger partial charge in [0.1, 0.15) is 0 Å². The molecular weight excluding hydrogens is 1200 g/mol. The maximum absolute atomic E-state index is 10.6. The van der Waals surface area contributed by atoms with Crippen LogP contribution >= 0.6 is 0 Å². The van der Waals surface area contributed by atoms with Crippen LogP contribution in [0.2, 0.25) is 0 Å². The number of piperidine rings is 3. The summed E-state index contributed by atoms with van der Waals surface area (Å²) in [6.07, 6.45) is 8.71. The summed E-state index contributed by atoms with van der Waals surface area (Å²) in [4.78, 5) is 23.0. The van der Waals surface area contributed by atoms with Crippen molar-refractivity contribution < 1.29 is 10.2 Å². The van der Waals surface area contributed by atoms with E-state index in [-0.39, 0.29) is 34.7 Å². The van der Waals surface area contributed by atoms with E-state index >= 15 is 0 Å². The first-order valence-electron chi connectivity index (χ1n) is 40.4. The largest absolute Gasteiger partial charge is 0.395 e. The van der Waals surface area contributed by atoms with E-state index in [1.54, 1.807) is 0 Å². The van der Waals surface area contributed by atoms with Crippen LogP contribution in [-0.4, -0.2) is 234 Å². The molecule has 3 unspecified atom stereocenters. The van der Waals surface area contributed by atoms with Gasteiger partial charge in [0.25, 0.3) is 0 Å². The minimum atomic E-state index is -0.477.